The zero-order valence-corrected chi connectivity index (χ0v) is 18.7. The molecule has 2 atom stereocenters. The van der Waals surface area contributed by atoms with Crippen LogP contribution in [0.3, 0.4) is 0 Å². The van der Waals surface area contributed by atoms with Crippen LogP contribution in [0.15, 0.2) is 35.3 Å². The first-order valence-electron chi connectivity index (χ1n) is 11.2. The summed E-state index contributed by atoms with van der Waals surface area (Å²) in [5, 5.41) is 0. The third kappa shape index (κ3) is 4.34. The Kier molecular flexibility index (Phi) is 6.35. The van der Waals surface area contributed by atoms with Crippen LogP contribution in [0.5, 0.6) is 11.5 Å². The molecule has 0 N–H and O–H groups in total. The first-order chi connectivity index (χ1) is 15.0. The molecule has 1 aromatic heterocycles. The average molecular weight is 425 g/mol. The summed E-state index contributed by atoms with van der Waals surface area (Å²) in [4.78, 5) is 28.4. The van der Waals surface area contributed by atoms with Gasteiger partial charge < -0.3 is 18.9 Å². The number of carbonyl (C=O) groups excluding carboxylic acids is 1. The molecule has 1 amide bonds. The standard InChI is InChI=1S/C25H32N2O4/c1-17-10-12-26(13-11-18-8-9-21(30-2)22(14-18)31-3)24(28)23(17)25(29)27-15-19-6-4-5-7-20(19)16-27/h8-10,12,14,19-20H,4-7,11,13,15-16H2,1-3H3/t19-,20+. The summed E-state index contributed by atoms with van der Waals surface area (Å²) >= 11 is 0. The smallest absolute Gasteiger partial charge is 0.263 e. The summed E-state index contributed by atoms with van der Waals surface area (Å²) in [5.41, 5.74) is 1.93. The minimum Gasteiger partial charge on any atom is -0.493 e. The van der Waals surface area contributed by atoms with Crippen molar-refractivity contribution in [2.45, 2.75) is 45.6 Å². The molecular formula is C25H32N2O4. The van der Waals surface area contributed by atoms with Crippen LogP contribution in [-0.4, -0.2) is 42.7 Å². The predicted octanol–water partition coefficient (Wildman–Crippen LogP) is 3.68. The Hall–Kier alpha value is -2.76. The molecule has 1 aliphatic carbocycles. The van der Waals surface area contributed by atoms with E-state index in [1.807, 2.05) is 36.1 Å². The van der Waals surface area contributed by atoms with Crippen molar-refractivity contribution in [3.63, 3.8) is 0 Å². The van der Waals surface area contributed by atoms with E-state index in [4.69, 9.17) is 9.47 Å². The van der Waals surface area contributed by atoms with E-state index in [9.17, 15) is 9.59 Å². The van der Waals surface area contributed by atoms with Crippen molar-refractivity contribution in [3.8, 4) is 11.5 Å². The molecule has 0 radical (unpaired) electrons. The lowest BCUT2D eigenvalue weighted by molar-refractivity contribution is 0.0780. The van der Waals surface area contributed by atoms with Crippen molar-refractivity contribution < 1.29 is 14.3 Å². The van der Waals surface area contributed by atoms with Gasteiger partial charge in [0.05, 0.1) is 14.2 Å². The normalized spacial score (nSPS) is 20.4. The summed E-state index contributed by atoms with van der Waals surface area (Å²) in [6.07, 6.45) is 7.38. The van der Waals surface area contributed by atoms with E-state index in [0.717, 1.165) is 24.2 Å². The number of hydrogen-bond donors (Lipinski definition) is 0. The number of fused-ring (bicyclic) bond motifs is 1. The summed E-state index contributed by atoms with van der Waals surface area (Å²) < 4.78 is 12.3. The number of pyridine rings is 1. The van der Waals surface area contributed by atoms with Gasteiger partial charge in [0.25, 0.3) is 11.5 Å². The van der Waals surface area contributed by atoms with E-state index in [0.29, 0.717) is 41.9 Å². The molecule has 166 valence electrons. The molecule has 1 saturated heterocycles. The molecule has 2 heterocycles. The van der Waals surface area contributed by atoms with Crippen molar-refractivity contribution in [1.29, 1.82) is 0 Å². The monoisotopic (exact) mass is 424 g/mol. The number of amides is 1. The van der Waals surface area contributed by atoms with Gasteiger partial charge in [-0.1, -0.05) is 18.9 Å². The topological polar surface area (TPSA) is 60.8 Å². The molecule has 1 aliphatic heterocycles. The van der Waals surface area contributed by atoms with Crippen molar-refractivity contribution >= 4 is 5.91 Å². The molecule has 2 fully saturated rings. The lowest BCUT2D eigenvalue weighted by Crippen LogP contribution is -2.36. The van der Waals surface area contributed by atoms with Gasteiger partial charge in [0.1, 0.15) is 5.56 Å². The van der Waals surface area contributed by atoms with Gasteiger partial charge in [-0.15, -0.1) is 0 Å². The Morgan fingerprint density at radius 2 is 1.71 bits per heavy atom. The average Bonchev–Trinajstić information content (AvgIpc) is 3.22. The van der Waals surface area contributed by atoms with Crippen LogP contribution in [0.4, 0.5) is 0 Å². The Morgan fingerprint density at radius 1 is 1.03 bits per heavy atom. The van der Waals surface area contributed by atoms with Gasteiger partial charge >= 0.3 is 0 Å². The highest BCUT2D eigenvalue weighted by molar-refractivity contribution is 5.95. The van der Waals surface area contributed by atoms with E-state index < -0.39 is 0 Å². The molecule has 0 bridgehead atoms. The molecule has 2 aliphatic rings. The van der Waals surface area contributed by atoms with Gasteiger partial charge in [0, 0.05) is 25.8 Å². The molecular weight excluding hydrogens is 392 g/mol. The molecule has 0 spiro atoms. The Balaban J connectivity index is 1.51. The number of methoxy groups -OCH3 is 2. The molecule has 1 aromatic carbocycles. The molecule has 31 heavy (non-hydrogen) atoms. The highest BCUT2D eigenvalue weighted by Gasteiger charge is 2.37. The minimum absolute atomic E-state index is 0.0997. The Morgan fingerprint density at radius 3 is 2.35 bits per heavy atom. The SMILES string of the molecule is COc1ccc(CCn2ccc(C)c(C(=O)N3C[C@H]4CCCC[C@H]4C3)c2=O)cc1OC. The maximum atomic E-state index is 13.3. The van der Waals surface area contributed by atoms with Crippen molar-refractivity contribution in [2.24, 2.45) is 11.8 Å². The molecule has 6 nitrogen and oxygen atoms in total. The Labute approximate surface area is 183 Å². The lowest BCUT2D eigenvalue weighted by Gasteiger charge is -2.22. The number of likely N-dealkylation sites (tertiary alicyclic amines) is 1. The predicted molar refractivity (Wildman–Crippen MR) is 120 cm³/mol. The fraction of sp³-hybridized carbons (Fsp3) is 0.520. The first-order valence-corrected chi connectivity index (χ1v) is 11.2. The zero-order chi connectivity index (χ0) is 22.0. The van der Waals surface area contributed by atoms with Gasteiger partial charge in [0.15, 0.2) is 11.5 Å². The van der Waals surface area contributed by atoms with Crippen LogP contribution in [0.2, 0.25) is 0 Å². The van der Waals surface area contributed by atoms with Gasteiger partial charge in [0.2, 0.25) is 0 Å². The molecule has 2 aromatic rings. The minimum atomic E-state index is -0.194. The van der Waals surface area contributed by atoms with E-state index in [1.54, 1.807) is 25.0 Å². The van der Waals surface area contributed by atoms with E-state index in [1.165, 1.54) is 25.7 Å². The Bertz CT molecular complexity index is 999. The van der Waals surface area contributed by atoms with Gasteiger partial charge in [-0.2, -0.15) is 0 Å². The number of ether oxygens (including phenoxy) is 2. The fourth-order valence-electron chi connectivity index (χ4n) is 5.12. The molecule has 1 saturated carbocycles. The summed E-state index contributed by atoms with van der Waals surface area (Å²) in [6.45, 7) is 3.95. The van der Waals surface area contributed by atoms with Crippen molar-refractivity contribution in [3.05, 3.63) is 57.5 Å². The maximum Gasteiger partial charge on any atom is 0.263 e. The second-order valence-corrected chi connectivity index (χ2v) is 8.83. The lowest BCUT2D eigenvalue weighted by atomic mass is 9.82. The third-order valence-corrected chi connectivity index (χ3v) is 6.94. The highest BCUT2D eigenvalue weighted by Crippen LogP contribution is 2.36. The van der Waals surface area contributed by atoms with Crippen LogP contribution in [0, 0.1) is 18.8 Å². The van der Waals surface area contributed by atoms with Gasteiger partial charge in [-0.3, -0.25) is 9.59 Å². The number of aromatic nitrogens is 1. The first kappa shape index (κ1) is 21.5. The van der Waals surface area contributed by atoms with E-state index in [-0.39, 0.29) is 11.5 Å². The number of rotatable bonds is 6. The van der Waals surface area contributed by atoms with Crippen LogP contribution in [0.1, 0.15) is 47.2 Å². The van der Waals surface area contributed by atoms with Crippen LogP contribution >= 0.6 is 0 Å². The number of hydrogen-bond acceptors (Lipinski definition) is 4. The van der Waals surface area contributed by atoms with Crippen LogP contribution < -0.4 is 15.0 Å². The van der Waals surface area contributed by atoms with E-state index in [2.05, 4.69) is 0 Å². The quantitative estimate of drug-likeness (QED) is 0.710. The molecule has 4 rings (SSSR count). The second kappa shape index (κ2) is 9.16. The van der Waals surface area contributed by atoms with Crippen LogP contribution in [-0.2, 0) is 13.0 Å². The summed E-state index contributed by atoms with van der Waals surface area (Å²) in [5.74, 6) is 2.46. The third-order valence-electron chi connectivity index (χ3n) is 6.94. The maximum absolute atomic E-state index is 13.3. The summed E-state index contributed by atoms with van der Waals surface area (Å²) in [6, 6.07) is 7.65. The van der Waals surface area contributed by atoms with Crippen LogP contribution in [0.25, 0.3) is 0 Å². The van der Waals surface area contributed by atoms with Gasteiger partial charge in [-0.25, -0.2) is 0 Å². The van der Waals surface area contributed by atoms with Gasteiger partial charge in [-0.05, 0) is 67.3 Å². The molecule has 0 unspecified atom stereocenters. The fourth-order valence-corrected chi connectivity index (χ4v) is 5.12. The summed E-state index contributed by atoms with van der Waals surface area (Å²) in [7, 11) is 3.22. The zero-order valence-electron chi connectivity index (χ0n) is 18.7. The van der Waals surface area contributed by atoms with Crippen molar-refractivity contribution in [1.82, 2.24) is 9.47 Å². The highest BCUT2D eigenvalue weighted by atomic mass is 16.5. The van der Waals surface area contributed by atoms with Crippen molar-refractivity contribution in [2.75, 3.05) is 27.3 Å². The second-order valence-electron chi connectivity index (χ2n) is 8.83. The number of benzene rings is 1. The largest absolute Gasteiger partial charge is 0.493 e. The van der Waals surface area contributed by atoms with E-state index >= 15 is 0 Å². The number of carbonyl (C=O) groups is 1. The number of nitrogens with zero attached hydrogens (tertiary/aromatic N) is 2. The number of aryl methyl sites for hydroxylation is 3. The molecule has 6 heteroatoms.